The first kappa shape index (κ1) is 26.4. The third kappa shape index (κ3) is 5.18. The van der Waals surface area contributed by atoms with E-state index < -0.39 is 10.0 Å². The fourth-order valence-electron chi connectivity index (χ4n) is 3.85. The predicted molar refractivity (Wildman–Crippen MR) is 137 cm³/mol. The molecule has 0 aliphatic carbocycles. The highest BCUT2D eigenvalue weighted by molar-refractivity contribution is 7.89. The number of halogens is 2. The first-order valence-electron chi connectivity index (χ1n) is 10.3. The van der Waals surface area contributed by atoms with E-state index in [4.69, 9.17) is 4.98 Å². The van der Waals surface area contributed by atoms with Crippen molar-refractivity contribution in [1.82, 2.24) is 14.2 Å². The maximum atomic E-state index is 12.4. The molecule has 0 unspecified atom stereocenters. The quantitative estimate of drug-likeness (QED) is 0.531. The number of hydrogen-bond donors (Lipinski definition) is 0. The fourth-order valence-corrected chi connectivity index (χ4v) is 4.76. The molecule has 1 fully saturated rings. The van der Waals surface area contributed by atoms with Crippen molar-refractivity contribution in [3.8, 4) is 11.3 Å². The van der Waals surface area contributed by atoms with Crippen molar-refractivity contribution < 1.29 is 8.42 Å². The molecular weight excluding hydrogens is 467 g/mol. The van der Waals surface area contributed by atoms with Crippen LogP contribution in [0.25, 0.3) is 22.0 Å². The standard InChI is InChI=1S/C23H28N4O2S.2ClH/c1-4-26-13-15-27(16-14-26)23-21-8-6-5-7-19(21)17-22(24-23)18-9-11-20(12-10-18)30(28,29)25(2)3;;/h5-12,17H,4,13-16H2,1-3H3;2*1H. The lowest BCUT2D eigenvalue weighted by Crippen LogP contribution is -2.46. The average molecular weight is 497 g/mol. The van der Waals surface area contributed by atoms with E-state index in [2.05, 4.69) is 41.0 Å². The molecule has 6 nitrogen and oxygen atoms in total. The lowest BCUT2D eigenvalue weighted by atomic mass is 10.1. The number of likely N-dealkylation sites (N-methyl/N-ethyl adjacent to an activating group) is 1. The summed E-state index contributed by atoms with van der Waals surface area (Å²) in [5, 5.41) is 2.29. The highest BCUT2D eigenvalue weighted by Crippen LogP contribution is 2.31. The minimum Gasteiger partial charge on any atom is -0.354 e. The van der Waals surface area contributed by atoms with Crippen molar-refractivity contribution in [3.63, 3.8) is 0 Å². The Labute approximate surface area is 203 Å². The number of pyridine rings is 1. The van der Waals surface area contributed by atoms with E-state index in [1.54, 1.807) is 26.2 Å². The molecule has 0 amide bonds. The van der Waals surface area contributed by atoms with Gasteiger partial charge in [0.2, 0.25) is 10.0 Å². The van der Waals surface area contributed by atoms with Crippen LogP contribution in [-0.2, 0) is 10.0 Å². The summed E-state index contributed by atoms with van der Waals surface area (Å²) in [6, 6.07) is 17.4. The zero-order valence-corrected chi connectivity index (χ0v) is 21.0. The van der Waals surface area contributed by atoms with Crippen LogP contribution in [0.2, 0.25) is 0 Å². The number of benzene rings is 2. The summed E-state index contributed by atoms with van der Waals surface area (Å²) in [4.78, 5) is 10.1. The third-order valence-corrected chi connectivity index (χ3v) is 7.60. The van der Waals surface area contributed by atoms with Gasteiger partial charge in [-0.15, -0.1) is 24.8 Å². The number of nitrogens with zero attached hydrogens (tertiary/aromatic N) is 4. The Morgan fingerprint density at radius 1 is 0.938 bits per heavy atom. The molecule has 0 radical (unpaired) electrons. The Morgan fingerprint density at radius 2 is 1.56 bits per heavy atom. The normalized spacial score (nSPS) is 14.8. The second-order valence-corrected chi connectivity index (χ2v) is 9.94. The van der Waals surface area contributed by atoms with E-state index >= 15 is 0 Å². The molecule has 3 aromatic rings. The van der Waals surface area contributed by atoms with Crippen LogP contribution in [-0.4, -0.2) is 69.4 Å². The lowest BCUT2D eigenvalue weighted by molar-refractivity contribution is 0.271. The largest absolute Gasteiger partial charge is 0.354 e. The number of anilines is 1. The van der Waals surface area contributed by atoms with Crippen LogP contribution in [0.4, 0.5) is 5.82 Å². The molecule has 9 heteroatoms. The van der Waals surface area contributed by atoms with Gasteiger partial charge in [0.15, 0.2) is 0 Å². The number of hydrogen-bond acceptors (Lipinski definition) is 5. The topological polar surface area (TPSA) is 56.8 Å². The molecule has 1 saturated heterocycles. The van der Waals surface area contributed by atoms with Gasteiger partial charge in [-0.2, -0.15) is 0 Å². The summed E-state index contributed by atoms with van der Waals surface area (Å²) in [6.07, 6.45) is 0. The van der Waals surface area contributed by atoms with Gasteiger partial charge in [-0.3, -0.25) is 0 Å². The van der Waals surface area contributed by atoms with E-state index in [1.165, 1.54) is 4.31 Å². The van der Waals surface area contributed by atoms with Gasteiger partial charge in [-0.05, 0) is 30.1 Å². The first-order valence-corrected chi connectivity index (χ1v) is 11.7. The first-order chi connectivity index (χ1) is 14.4. The van der Waals surface area contributed by atoms with Crippen LogP contribution < -0.4 is 4.90 Å². The van der Waals surface area contributed by atoms with Crippen LogP contribution in [0.1, 0.15) is 6.92 Å². The van der Waals surface area contributed by atoms with Crippen LogP contribution in [0.5, 0.6) is 0 Å². The average Bonchev–Trinajstić information content (AvgIpc) is 2.78. The Bertz CT molecular complexity index is 1150. The lowest BCUT2D eigenvalue weighted by Gasteiger charge is -2.35. The third-order valence-electron chi connectivity index (χ3n) is 5.77. The highest BCUT2D eigenvalue weighted by atomic mass is 35.5. The van der Waals surface area contributed by atoms with Crippen molar-refractivity contribution in [2.24, 2.45) is 0 Å². The van der Waals surface area contributed by atoms with E-state index in [9.17, 15) is 8.42 Å². The van der Waals surface area contributed by atoms with Gasteiger partial charge in [0.1, 0.15) is 5.82 Å². The fraction of sp³-hybridized carbons (Fsp3) is 0.348. The summed E-state index contributed by atoms with van der Waals surface area (Å²) >= 11 is 0. The summed E-state index contributed by atoms with van der Waals surface area (Å²) < 4.78 is 26.0. The molecule has 0 spiro atoms. The van der Waals surface area contributed by atoms with Crippen molar-refractivity contribution in [2.45, 2.75) is 11.8 Å². The molecule has 1 aliphatic rings. The van der Waals surface area contributed by atoms with Crippen LogP contribution in [0.3, 0.4) is 0 Å². The van der Waals surface area contributed by atoms with Crippen molar-refractivity contribution in [1.29, 1.82) is 0 Å². The smallest absolute Gasteiger partial charge is 0.242 e. The van der Waals surface area contributed by atoms with Gasteiger partial charge >= 0.3 is 0 Å². The van der Waals surface area contributed by atoms with Crippen LogP contribution in [0.15, 0.2) is 59.5 Å². The molecule has 2 aromatic carbocycles. The molecule has 0 atom stereocenters. The molecular formula is C23H30Cl2N4O2S. The SMILES string of the molecule is CCN1CCN(c2nc(-c3ccc(S(=O)(=O)N(C)C)cc3)cc3ccccc23)CC1.Cl.Cl. The van der Waals surface area contributed by atoms with Crippen LogP contribution >= 0.6 is 24.8 Å². The van der Waals surface area contributed by atoms with Gasteiger partial charge in [-0.25, -0.2) is 17.7 Å². The monoisotopic (exact) mass is 496 g/mol. The molecule has 2 heterocycles. The van der Waals surface area contributed by atoms with E-state index in [1.807, 2.05) is 18.2 Å². The molecule has 32 heavy (non-hydrogen) atoms. The van der Waals surface area contributed by atoms with E-state index in [0.29, 0.717) is 0 Å². The zero-order valence-electron chi connectivity index (χ0n) is 18.6. The van der Waals surface area contributed by atoms with E-state index in [0.717, 1.165) is 60.6 Å². The van der Waals surface area contributed by atoms with Crippen LogP contribution in [0, 0.1) is 0 Å². The summed E-state index contributed by atoms with van der Waals surface area (Å²) in [6.45, 7) is 7.25. The van der Waals surface area contributed by atoms with Crippen molar-refractivity contribution in [3.05, 3.63) is 54.6 Å². The summed E-state index contributed by atoms with van der Waals surface area (Å²) in [5.74, 6) is 1.00. The Kier molecular flexibility index (Phi) is 8.90. The van der Waals surface area contributed by atoms with Gasteiger partial charge in [0, 0.05) is 51.2 Å². The molecule has 0 N–H and O–H groups in total. The highest BCUT2D eigenvalue weighted by Gasteiger charge is 2.20. The van der Waals surface area contributed by atoms with Gasteiger partial charge < -0.3 is 9.80 Å². The van der Waals surface area contributed by atoms with Crippen molar-refractivity contribution >= 4 is 51.4 Å². The minimum atomic E-state index is -3.44. The maximum Gasteiger partial charge on any atom is 0.242 e. The number of fused-ring (bicyclic) bond motifs is 1. The minimum absolute atomic E-state index is 0. The van der Waals surface area contributed by atoms with Gasteiger partial charge in [0.25, 0.3) is 0 Å². The number of aromatic nitrogens is 1. The van der Waals surface area contributed by atoms with Gasteiger partial charge in [-0.1, -0.05) is 43.3 Å². The summed E-state index contributed by atoms with van der Waals surface area (Å²) in [5.41, 5.74) is 1.77. The number of rotatable bonds is 5. The van der Waals surface area contributed by atoms with Crippen molar-refractivity contribution in [2.75, 3.05) is 51.7 Å². The predicted octanol–water partition coefficient (Wildman–Crippen LogP) is 4.14. The Balaban J connectivity index is 0.00000181. The Morgan fingerprint density at radius 3 is 2.16 bits per heavy atom. The number of sulfonamides is 1. The van der Waals surface area contributed by atoms with E-state index in [-0.39, 0.29) is 29.7 Å². The molecule has 174 valence electrons. The maximum absolute atomic E-state index is 12.4. The molecule has 1 aromatic heterocycles. The molecule has 0 saturated carbocycles. The second-order valence-electron chi connectivity index (χ2n) is 7.79. The number of piperazine rings is 1. The molecule has 0 bridgehead atoms. The van der Waals surface area contributed by atoms with Gasteiger partial charge in [0.05, 0.1) is 10.6 Å². The summed E-state index contributed by atoms with van der Waals surface area (Å²) in [7, 11) is -0.363. The second kappa shape index (κ2) is 10.8. The Hall–Kier alpha value is -1.90. The molecule has 1 aliphatic heterocycles. The zero-order chi connectivity index (χ0) is 21.3. The molecule has 4 rings (SSSR count).